The Bertz CT molecular complexity index is 209. The molecule has 0 bridgehead atoms. The summed E-state index contributed by atoms with van der Waals surface area (Å²) < 4.78 is 0. The lowest BCUT2D eigenvalue weighted by Crippen LogP contribution is -2.53. The second kappa shape index (κ2) is 5.50. The molecule has 2 fully saturated rings. The largest absolute Gasteiger partial charge is 0.324 e. The minimum atomic E-state index is 0.147. The molecule has 0 aromatic carbocycles. The summed E-state index contributed by atoms with van der Waals surface area (Å²) in [7, 11) is 0. The lowest BCUT2D eigenvalue weighted by Gasteiger charge is -2.41. The van der Waals surface area contributed by atoms with Crippen LogP contribution in [0.3, 0.4) is 0 Å². The van der Waals surface area contributed by atoms with Gasteiger partial charge in [-0.25, -0.2) is 0 Å². The zero-order valence-corrected chi connectivity index (χ0v) is 10.9. The van der Waals surface area contributed by atoms with E-state index < -0.39 is 0 Å². The van der Waals surface area contributed by atoms with Crippen LogP contribution in [0.2, 0.25) is 0 Å². The van der Waals surface area contributed by atoms with Crippen molar-refractivity contribution in [2.75, 3.05) is 19.6 Å². The van der Waals surface area contributed by atoms with Gasteiger partial charge in [-0.05, 0) is 38.1 Å². The predicted molar refractivity (Wildman–Crippen MR) is 69.5 cm³/mol. The molecule has 2 aliphatic rings. The third-order valence-corrected chi connectivity index (χ3v) is 4.57. The van der Waals surface area contributed by atoms with E-state index in [1.807, 2.05) is 0 Å². The zero-order chi connectivity index (χ0) is 11.4. The first kappa shape index (κ1) is 12.4. The van der Waals surface area contributed by atoms with E-state index in [0.29, 0.717) is 0 Å². The fourth-order valence-corrected chi connectivity index (χ4v) is 3.49. The maximum Gasteiger partial charge on any atom is 0.0283 e. The van der Waals surface area contributed by atoms with Crippen molar-refractivity contribution < 1.29 is 0 Å². The van der Waals surface area contributed by atoms with Gasteiger partial charge < -0.3 is 10.6 Å². The number of piperidine rings is 1. The Labute approximate surface area is 101 Å². The van der Waals surface area contributed by atoms with Gasteiger partial charge in [0.15, 0.2) is 0 Å². The first-order chi connectivity index (χ1) is 7.72. The molecule has 1 aliphatic heterocycles. The van der Waals surface area contributed by atoms with Crippen LogP contribution in [0.5, 0.6) is 0 Å². The smallest absolute Gasteiger partial charge is 0.0283 e. The molecular weight excluding hydrogens is 196 g/mol. The number of rotatable bonds is 3. The summed E-state index contributed by atoms with van der Waals surface area (Å²) in [6, 6.07) is 0. The molecule has 0 spiro atoms. The average molecular weight is 224 g/mol. The van der Waals surface area contributed by atoms with Gasteiger partial charge in [-0.1, -0.05) is 32.6 Å². The standard InChI is InChI=1S/C14H28N2/c1-2-13-7-6-10-16(11-13)12-14(15)8-4-3-5-9-14/h13H,2-12,15H2,1H3. The van der Waals surface area contributed by atoms with Crippen LogP contribution in [0.4, 0.5) is 0 Å². The second-order valence-electron chi connectivity index (χ2n) is 6.07. The normalized spacial score (nSPS) is 31.5. The van der Waals surface area contributed by atoms with Gasteiger partial charge in [0.2, 0.25) is 0 Å². The molecule has 2 N–H and O–H groups in total. The molecule has 1 aliphatic carbocycles. The van der Waals surface area contributed by atoms with Gasteiger partial charge in [0.05, 0.1) is 0 Å². The number of hydrogen-bond donors (Lipinski definition) is 1. The van der Waals surface area contributed by atoms with E-state index in [2.05, 4.69) is 11.8 Å². The van der Waals surface area contributed by atoms with E-state index >= 15 is 0 Å². The number of nitrogens with two attached hydrogens (primary N) is 1. The van der Waals surface area contributed by atoms with Gasteiger partial charge in [-0.15, -0.1) is 0 Å². The third-order valence-electron chi connectivity index (χ3n) is 4.57. The van der Waals surface area contributed by atoms with Crippen molar-refractivity contribution >= 4 is 0 Å². The molecule has 1 saturated carbocycles. The van der Waals surface area contributed by atoms with E-state index in [0.717, 1.165) is 12.5 Å². The Hall–Kier alpha value is -0.0800. The second-order valence-corrected chi connectivity index (χ2v) is 6.07. The summed E-state index contributed by atoms with van der Waals surface area (Å²) in [5.74, 6) is 0.931. The molecule has 1 atom stereocenters. The van der Waals surface area contributed by atoms with Crippen molar-refractivity contribution in [1.29, 1.82) is 0 Å². The maximum absolute atomic E-state index is 6.54. The van der Waals surface area contributed by atoms with Gasteiger partial charge in [-0.2, -0.15) is 0 Å². The highest BCUT2D eigenvalue weighted by Gasteiger charge is 2.31. The van der Waals surface area contributed by atoms with E-state index in [9.17, 15) is 0 Å². The minimum Gasteiger partial charge on any atom is -0.324 e. The van der Waals surface area contributed by atoms with E-state index in [4.69, 9.17) is 5.73 Å². The van der Waals surface area contributed by atoms with Gasteiger partial charge in [0.1, 0.15) is 0 Å². The maximum atomic E-state index is 6.54. The highest BCUT2D eigenvalue weighted by atomic mass is 15.2. The van der Waals surface area contributed by atoms with Gasteiger partial charge in [-0.3, -0.25) is 0 Å². The van der Waals surface area contributed by atoms with Gasteiger partial charge in [0.25, 0.3) is 0 Å². The Morgan fingerprint density at radius 2 is 1.94 bits per heavy atom. The highest BCUT2D eigenvalue weighted by Crippen LogP contribution is 2.28. The quantitative estimate of drug-likeness (QED) is 0.798. The number of nitrogens with zero attached hydrogens (tertiary/aromatic N) is 1. The molecule has 0 radical (unpaired) electrons. The third kappa shape index (κ3) is 3.21. The zero-order valence-electron chi connectivity index (χ0n) is 10.9. The Balaban J connectivity index is 1.83. The molecular formula is C14H28N2. The van der Waals surface area contributed by atoms with Crippen LogP contribution in [-0.2, 0) is 0 Å². The molecule has 94 valence electrons. The fraction of sp³-hybridized carbons (Fsp3) is 1.00. The van der Waals surface area contributed by atoms with Crippen molar-refractivity contribution in [2.45, 2.75) is 63.8 Å². The van der Waals surface area contributed by atoms with Crippen molar-refractivity contribution in [3.8, 4) is 0 Å². The van der Waals surface area contributed by atoms with Crippen LogP contribution in [0, 0.1) is 5.92 Å². The summed E-state index contributed by atoms with van der Waals surface area (Å²) in [5.41, 5.74) is 6.68. The Kier molecular flexibility index (Phi) is 4.26. The van der Waals surface area contributed by atoms with E-state index in [1.165, 1.54) is 64.5 Å². The van der Waals surface area contributed by atoms with Crippen LogP contribution in [0.1, 0.15) is 58.3 Å². The van der Waals surface area contributed by atoms with E-state index in [-0.39, 0.29) is 5.54 Å². The van der Waals surface area contributed by atoms with Crippen LogP contribution < -0.4 is 5.73 Å². The lowest BCUT2D eigenvalue weighted by molar-refractivity contribution is 0.120. The van der Waals surface area contributed by atoms with Crippen LogP contribution in [0.25, 0.3) is 0 Å². The summed E-state index contributed by atoms with van der Waals surface area (Å²) in [5, 5.41) is 0. The van der Waals surface area contributed by atoms with Gasteiger partial charge >= 0.3 is 0 Å². The van der Waals surface area contributed by atoms with Crippen molar-refractivity contribution in [2.24, 2.45) is 11.7 Å². The van der Waals surface area contributed by atoms with Crippen molar-refractivity contribution in [3.05, 3.63) is 0 Å². The highest BCUT2D eigenvalue weighted by molar-refractivity contribution is 4.91. The summed E-state index contributed by atoms with van der Waals surface area (Å²) in [6.45, 7) is 6.07. The molecule has 0 amide bonds. The van der Waals surface area contributed by atoms with Gasteiger partial charge in [0, 0.05) is 18.6 Å². The van der Waals surface area contributed by atoms with Crippen LogP contribution in [0.15, 0.2) is 0 Å². The molecule has 1 heterocycles. The average Bonchev–Trinajstić information content (AvgIpc) is 2.29. The summed E-state index contributed by atoms with van der Waals surface area (Å²) in [6.07, 6.45) is 10.8. The molecule has 1 unspecified atom stereocenters. The molecule has 2 rings (SSSR count). The minimum absolute atomic E-state index is 0.147. The molecule has 0 aromatic heterocycles. The molecule has 1 saturated heterocycles. The monoisotopic (exact) mass is 224 g/mol. The number of likely N-dealkylation sites (tertiary alicyclic amines) is 1. The summed E-state index contributed by atoms with van der Waals surface area (Å²) in [4.78, 5) is 2.64. The Morgan fingerprint density at radius 1 is 1.19 bits per heavy atom. The predicted octanol–water partition coefficient (Wildman–Crippen LogP) is 2.77. The lowest BCUT2D eigenvalue weighted by atomic mass is 9.81. The first-order valence-electron chi connectivity index (χ1n) is 7.23. The fourth-order valence-electron chi connectivity index (χ4n) is 3.49. The molecule has 16 heavy (non-hydrogen) atoms. The molecule has 0 aromatic rings. The van der Waals surface area contributed by atoms with Crippen LogP contribution in [-0.4, -0.2) is 30.1 Å². The molecule has 2 nitrogen and oxygen atoms in total. The summed E-state index contributed by atoms with van der Waals surface area (Å²) >= 11 is 0. The topological polar surface area (TPSA) is 29.3 Å². The molecule has 2 heteroatoms. The van der Waals surface area contributed by atoms with Crippen molar-refractivity contribution in [3.63, 3.8) is 0 Å². The van der Waals surface area contributed by atoms with Crippen molar-refractivity contribution in [1.82, 2.24) is 4.90 Å². The first-order valence-corrected chi connectivity index (χ1v) is 7.23. The Morgan fingerprint density at radius 3 is 2.62 bits per heavy atom. The number of hydrogen-bond acceptors (Lipinski definition) is 2. The van der Waals surface area contributed by atoms with E-state index in [1.54, 1.807) is 0 Å². The van der Waals surface area contributed by atoms with Crippen LogP contribution >= 0.6 is 0 Å². The SMILES string of the molecule is CCC1CCCN(CC2(N)CCCCC2)C1.